The molecule has 0 aliphatic heterocycles. The predicted octanol–water partition coefficient (Wildman–Crippen LogP) is -0.000200. The van der Waals surface area contributed by atoms with Gasteiger partial charge in [0, 0.05) is 32.5 Å². The zero-order valence-corrected chi connectivity index (χ0v) is 12.3. The van der Waals surface area contributed by atoms with Crippen LogP contribution < -0.4 is 10.0 Å². The summed E-state index contributed by atoms with van der Waals surface area (Å²) in [5.41, 5.74) is 1.07. The highest BCUT2D eigenvalue weighted by atomic mass is 32.2. The van der Waals surface area contributed by atoms with Gasteiger partial charge in [-0.3, -0.25) is 4.98 Å². The number of nitrogens with zero attached hydrogens (tertiary/aromatic N) is 2. The topological polar surface area (TPSA) is 74.3 Å². The lowest BCUT2D eigenvalue weighted by atomic mass is 10.2. The highest BCUT2D eigenvalue weighted by molar-refractivity contribution is 7.87. The maximum atomic E-state index is 11.9. The van der Waals surface area contributed by atoms with Gasteiger partial charge in [0.15, 0.2) is 0 Å². The molecular formula is C12H22N4O2S. The van der Waals surface area contributed by atoms with Crippen molar-refractivity contribution in [3.63, 3.8) is 0 Å². The predicted molar refractivity (Wildman–Crippen MR) is 76.0 cm³/mol. The van der Waals surface area contributed by atoms with E-state index in [0.29, 0.717) is 19.5 Å². The number of rotatable bonds is 9. The lowest BCUT2D eigenvalue weighted by molar-refractivity contribution is 0.448. The molecule has 0 atom stereocenters. The Bertz CT molecular complexity index is 450. The minimum Gasteiger partial charge on any atom is -0.320 e. The third-order valence-electron chi connectivity index (χ3n) is 2.76. The fourth-order valence-electron chi connectivity index (χ4n) is 1.58. The van der Waals surface area contributed by atoms with Crippen LogP contribution in [0, 0.1) is 0 Å². The monoisotopic (exact) mass is 286 g/mol. The summed E-state index contributed by atoms with van der Waals surface area (Å²) in [5, 5.41) is 2.99. The fraction of sp³-hybridized carbons (Fsp3) is 0.583. The van der Waals surface area contributed by atoms with Crippen LogP contribution in [0.3, 0.4) is 0 Å². The first-order valence-corrected chi connectivity index (χ1v) is 7.74. The van der Waals surface area contributed by atoms with Crippen molar-refractivity contribution in [2.45, 2.75) is 12.8 Å². The molecule has 0 unspecified atom stereocenters. The van der Waals surface area contributed by atoms with Gasteiger partial charge in [-0.2, -0.15) is 12.7 Å². The molecule has 0 aliphatic carbocycles. The quantitative estimate of drug-likeness (QED) is 0.627. The largest absolute Gasteiger partial charge is 0.320 e. The average molecular weight is 286 g/mol. The zero-order chi connectivity index (χ0) is 14.1. The molecule has 7 heteroatoms. The fourth-order valence-corrected chi connectivity index (χ4v) is 2.53. The van der Waals surface area contributed by atoms with Crippen molar-refractivity contribution >= 4 is 10.2 Å². The first kappa shape index (κ1) is 16.0. The number of aromatic nitrogens is 1. The maximum Gasteiger partial charge on any atom is 0.279 e. The lowest BCUT2D eigenvalue weighted by Crippen LogP contribution is -2.40. The van der Waals surface area contributed by atoms with Gasteiger partial charge in [0.2, 0.25) is 0 Å². The van der Waals surface area contributed by atoms with Crippen LogP contribution in [0.4, 0.5) is 0 Å². The minimum atomic E-state index is -3.37. The van der Waals surface area contributed by atoms with Crippen LogP contribution in [0.5, 0.6) is 0 Å². The number of hydrogen-bond donors (Lipinski definition) is 2. The van der Waals surface area contributed by atoms with Crippen molar-refractivity contribution < 1.29 is 8.42 Å². The molecule has 1 aromatic rings. The number of pyridine rings is 1. The summed E-state index contributed by atoms with van der Waals surface area (Å²) in [6, 6.07) is 3.76. The Kier molecular flexibility index (Phi) is 6.93. The van der Waals surface area contributed by atoms with Gasteiger partial charge in [0.25, 0.3) is 10.2 Å². The molecule has 2 N–H and O–H groups in total. The maximum absolute atomic E-state index is 11.9. The first-order valence-electron chi connectivity index (χ1n) is 6.30. The lowest BCUT2D eigenvalue weighted by Gasteiger charge is -2.17. The molecule has 0 saturated heterocycles. The summed E-state index contributed by atoms with van der Waals surface area (Å²) in [6.45, 7) is 1.70. The molecule has 108 valence electrons. The van der Waals surface area contributed by atoms with Crippen LogP contribution in [-0.2, 0) is 16.6 Å². The first-order chi connectivity index (χ1) is 9.06. The molecule has 19 heavy (non-hydrogen) atoms. The Morgan fingerprint density at radius 2 is 1.95 bits per heavy atom. The molecule has 0 fully saturated rings. The van der Waals surface area contributed by atoms with E-state index in [9.17, 15) is 8.42 Å². The Morgan fingerprint density at radius 1 is 1.26 bits per heavy atom. The molecule has 0 aliphatic rings. The van der Waals surface area contributed by atoms with E-state index in [2.05, 4.69) is 15.0 Å². The van der Waals surface area contributed by atoms with Crippen LogP contribution in [0.15, 0.2) is 24.5 Å². The van der Waals surface area contributed by atoms with Gasteiger partial charge in [-0.15, -0.1) is 0 Å². The molecule has 0 amide bonds. The zero-order valence-electron chi connectivity index (χ0n) is 11.5. The van der Waals surface area contributed by atoms with Gasteiger partial charge in [0.1, 0.15) is 0 Å². The molecule has 0 spiro atoms. The Morgan fingerprint density at radius 3 is 2.58 bits per heavy atom. The number of hydrogen-bond acceptors (Lipinski definition) is 4. The summed E-state index contributed by atoms with van der Waals surface area (Å²) in [4.78, 5) is 3.92. The van der Waals surface area contributed by atoms with Crippen molar-refractivity contribution in [3.8, 4) is 0 Å². The van der Waals surface area contributed by atoms with E-state index in [1.54, 1.807) is 19.4 Å². The van der Waals surface area contributed by atoms with Gasteiger partial charge >= 0.3 is 0 Å². The van der Waals surface area contributed by atoms with Gasteiger partial charge in [-0.05, 0) is 44.1 Å². The van der Waals surface area contributed by atoms with E-state index in [1.807, 2.05) is 19.2 Å². The van der Waals surface area contributed by atoms with Gasteiger partial charge < -0.3 is 5.32 Å². The van der Waals surface area contributed by atoms with Gasteiger partial charge in [-0.1, -0.05) is 0 Å². The van der Waals surface area contributed by atoms with Gasteiger partial charge in [-0.25, -0.2) is 4.72 Å². The van der Waals surface area contributed by atoms with Crippen LogP contribution >= 0.6 is 0 Å². The summed E-state index contributed by atoms with van der Waals surface area (Å²) < 4.78 is 27.7. The second kappa shape index (κ2) is 8.21. The van der Waals surface area contributed by atoms with E-state index >= 15 is 0 Å². The van der Waals surface area contributed by atoms with Crippen molar-refractivity contribution in [2.24, 2.45) is 0 Å². The smallest absolute Gasteiger partial charge is 0.279 e. The van der Waals surface area contributed by atoms with E-state index in [4.69, 9.17) is 0 Å². The second-order valence-electron chi connectivity index (χ2n) is 4.28. The van der Waals surface area contributed by atoms with E-state index in [1.165, 1.54) is 4.31 Å². The van der Waals surface area contributed by atoms with Crippen molar-refractivity contribution in [3.05, 3.63) is 30.1 Å². The van der Waals surface area contributed by atoms with Crippen molar-refractivity contribution in [1.29, 1.82) is 0 Å². The van der Waals surface area contributed by atoms with Crippen LogP contribution in [0.1, 0.15) is 12.0 Å². The Balaban J connectivity index is 2.34. The summed E-state index contributed by atoms with van der Waals surface area (Å²) in [6.07, 6.45) is 4.85. The Hall–Kier alpha value is -1.02. The average Bonchev–Trinajstić information content (AvgIpc) is 2.40. The summed E-state index contributed by atoms with van der Waals surface area (Å²) in [7, 11) is 0.0654. The summed E-state index contributed by atoms with van der Waals surface area (Å²) >= 11 is 0. The SMILES string of the molecule is CNCCCN(C)S(=O)(=O)NCCc1ccncc1. The van der Waals surface area contributed by atoms with Crippen LogP contribution in [0.2, 0.25) is 0 Å². The molecule has 0 aromatic carbocycles. The molecule has 6 nitrogen and oxygen atoms in total. The van der Waals surface area contributed by atoms with Gasteiger partial charge in [0.05, 0.1) is 0 Å². The third kappa shape index (κ3) is 6.11. The molecule has 0 bridgehead atoms. The normalized spacial score (nSPS) is 11.9. The van der Waals surface area contributed by atoms with E-state index in [0.717, 1.165) is 18.5 Å². The third-order valence-corrected chi connectivity index (χ3v) is 4.33. The Labute approximate surface area is 115 Å². The molecular weight excluding hydrogens is 264 g/mol. The summed E-state index contributed by atoms with van der Waals surface area (Å²) in [5.74, 6) is 0. The number of nitrogens with one attached hydrogen (secondary N) is 2. The molecule has 1 rings (SSSR count). The van der Waals surface area contributed by atoms with Crippen molar-refractivity contribution in [2.75, 3.05) is 33.7 Å². The molecule has 0 saturated carbocycles. The van der Waals surface area contributed by atoms with E-state index in [-0.39, 0.29) is 0 Å². The van der Waals surface area contributed by atoms with Crippen LogP contribution in [0.25, 0.3) is 0 Å². The minimum absolute atomic E-state index is 0.392. The highest BCUT2D eigenvalue weighted by Crippen LogP contribution is 1.99. The molecule has 0 radical (unpaired) electrons. The van der Waals surface area contributed by atoms with Crippen molar-refractivity contribution in [1.82, 2.24) is 19.3 Å². The van der Waals surface area contributed by atoms with Crippen LogP contribution in [-0.4, -0.2) is 51.4 Å². The standard InChI is InChI=1S/C12H22N4O2S/c1-13-7-3-11-16(2)19(17,18)15-10-6-12-4-8-14-9-5-12/h4-5,8-9,13,15H,3,6-7,10-11H2,1-2H3. The molecule has 1 aromatic heterocycles. The second-order valence-corrected chi connectivity index (χ2v) is 6.15. The highest BCUT2D eigenvalue weighted by Gasteiger charge is 2.15. The van der Waals surface area contributed by atoms with E-state index < -0.39 is 10.2 Å². The molecule has 1 heterocycles.